The van der Waals surface area contributed by atoms with Crippen LogP contribution in [0.1, 0.15) is 34.6 Å². The van der Waals surface area contributed by atoms with Gasteiger partial charge in [-0.3, -0.25) is 4.79 Å². The summed E-state index contributed by atoms with van der Waals surface area (Å²) in [5.74, 6) is -1.54. The molecule has 7 heteroatoms. The van der Waals surface area contributed by atoms with Crippen LogP contribution in [0.3, 0.4) is 0 Å². The summed E-state index contributed by atoms with van der Waals surface area (Å²) in [6.07, 6.45) is 0. The van der Waals surface area contributed by atoms with Crippen molar-refractivity contribution in [2.24, 2.45) is 5.92 Å². The van der Waals surface area contributed by atoms with E-state index >= 15 is 0 Å². The van der Waals surface area contributed by atoms with Crippen molar-refractivity contribution in [3.8, 4) is 0 Å². The van der Waals surface area contributed by atoms with Crippen molar-refractivity contribution in [3.05, 3.63) is 0 Å². The molecule has 1 unspecified atom stereocenters. The van der Waals surface area contributed by atoms with Gasteiger partial charge in [0.05, 0.1) is 0 Å². The molecule has 116 valence electrons. The molecule has 0 fully saturated rings. The molecule has 3 amide bonds. The van der Waals surface area contributed by atoms with E-state index in [0.29, 0.717) is 13.1 Å². The predicted molar refractivity (Wildman–Crippen MR) is 75.3 cm³/mol. The van der Waals surface area contributed by atoms with E-state index in [1.165, 1.54) is 0 Å². The Labute approximate surface area is 119 Å². The van der Waals surface area contributed by atoms with E-state index in [9.17, 15) is 14.4 Å². The number of rotatable bonds is 7. The van der Waals surface area contributed by atoms with E-state index in [0.717, 1.165) is 0 Å². The summed E-state index contributed by atoms with van der Waals surface area (Å²) >= 11 is 0. The number of likely N-dealkylation sites (N-methyl/N-ethyl adjacent to an activating group) is 1. The molecule has 3 N–H and O–H groups in total. The van der Waals surface area contributed by atoms with Crippen molar-refractivity contribution in [1.29, 1.82) is 0 Å². The van der Waals surface area contributed by atoms with Gasteiger partial charge in [0.1, 0.15) is 12.1 Å². The van der Waals surface area contributed by atoms with E-state index in [2.05, 4.69) is 10.6 Å². The molecule has 0 aromatic rings. The van der Waals surface area contributed by atoms with Crippen LogP contribution in [0.4, 0.5) is 4.79 Å². The van der Waals surface area contributed by atoms with Gasteiger partial charge < -0.3 is 20.6 Å². The van der Waals surface area contributed by atoms with Gasteiger partial charge in [0.2, 0.25) is 5.91 Å². The SMILES string of the molecule is CCN(CC)C(=O)C(C)NC(=O)N[C@@H](C(=O)O)C(C)C. The number of amides is 3. The number of aliphatic carboxylic acids is 1. The first-order valence-electron chi connectivity index (χ1n) is 6.83. The molecule has 0 heterocycles. The number of urea groups is 1. The maximum Gasteiger partial charge on any atom is 0.326 e. The monoisotopic (exact) mass is 287 g/mol. The summed E-state index contributed by atoms with van der Waals surface area (Å²) in [7, 11) is 0. The van der Waals surface area contributed by atoms with Gasteiger partial charge in [0.25, 0.3) is 0 Å². The highest BCUT2D eigenvalue weighted by atomic mass is 16.4. The molecule has 0 radical (unpaired) electrons. The summed E-state index contributed by atoms with van der Waals surface area (Å²) in [5, 5.41) is 13.8. The van der Waals surface area contributed by atoms with Gasteiger partial charge in [-0.1, -0.05) is 13.8 Å². The van der Waals surface area contributed by atoms with Crippen molar-refractivity contribution in [2.45, 2.75) is 46.7 Å². The average molecular weight is 287 g/mol. The minimum absolute atomic E-state index is 0.193. The van der Waals surface area contributed by atoms with Crippen molar-refractivity contribution < 1.29 is 19.5 Å². The van der Waals surface area contributed by atoms with E-state index in [-0.39, 0.29) is 11.8 Å². The summed E-state index contributed by atoms with van der Waals surface area (Å²) in [5.41, 5.74) is 0. The minimum Gasteiger partial charge on any atom is -0.480 e. The van der Waals surface area contributed by atoms with Crippen molar-refractivity contribution in [1.82, 2.24) is 15.5 Å². The summed E-state index contributed by atoms with van der Waals surface area (Å²) in [4.78, 5) is 36.3. The molecule has 2 atom stereocenters. The molecule has 0 saturated carbocycles. The fraction of sp³-hybridized carbons (Fsp3) is 0.769. The lowest BCUT2D eigenvalue weighted by Crippen LogP contribution is -2.54. The van der Waals surface area contributed by atoms with Crippen LogP contribution in [0, 0.1) is 5.92 Å². The molecule has 7 nitrogen and oxygen atoms in total. The zero-order valence-electron chi connectivity index (χ0n) is 12.8. The van der Waals surface area contributed by atoms with E-state index in [1.54, 1.807) is 25.7 Å². The Bertz CT molecular complexity index is 354. The van der Waals surface area contributed by atoms with Gasteiger partial charge >= 0.3 is 12.0 Å². The van der Waals surface area contributed by atoms with Gasteiger partial charge in [-0.15, -0.1) is 0 Å². The lowest BCUT2D eigenvalue weighted by Gasteiger charge is -2.24. The number of hydrogen-bond acceptors (Lipinski definition) is 3. The second-order valence-corrected chi connectivity index (χ2v) is 4.91. The summed E-state index contributed by atoms with van der Waals surface area (Å²) in [6.45, 7) is 9.80. The quantitative estimate of drug-likeness (QED) is 0.640. The van der Waals surface area contributed by atoms with Gasteiger partial charge in [-0.25, -0.2) is 9.59 Å². The topological polar surface area (TPSA) is 98.7 Å². The molecule has 0 saturated heterocycles. The highest BCUT2D eigenvalue weighted by Crippen LogP contribution is 2.02. The standard InChI is InChI=1S/C13H25N3O4/c1-6-16(7-2)11(17)9(5)14-13(20)15-10(8(3)4)12(18)19/h8-10H,6-7H2,1-5H3,(H,18,19)(H2,14,15,20)/t9?,10-/m1/s1. The Morgan fingerprint density at radius 1 is 1.05 bits per heavy atom. The van der Waals surface area contributed by atoms with Gasteiger partial charge in [-0.05, 0) is 26.7 Å². The van der Waals surface area contributed by atoms with Crippen LogP contribution in [-0.2, 0) is 9.59 Å². The number of carboxylic acids is 1. The number of carbonyl (C=O) groups is 3. The molecule has 0 aromatic carbocycles. The number of carboxylic acid groups (broad SMARTS) is 1. The number of carbonyl (C=O) groups excluding carboxylic acids is 2. The Morgan fingerprint density at radius 3 is 1.90 bits per heavy atom. The van der Waals surface area contributed by atoms with Crippen LogP contribution in [0.5, 0.6) is 0 Å². The molecular formula is C13H25N3O4. The minimum atomic E-state index is -1.10. The second kappa shape index (κ2) is 8.39. The molecule has 0 spiro atoms. The van der Waals surface area contributed by atoms with E-state index in [1.807, 2.05) is 13.8 Å². The summed E-state index contributed by atoms with van der Waals surface area (Å²) in [6, 6.07) is -2.33. The van der Waals surface area contributed by atoms with Crippen molar-refractivity contribution >= 4 is 17.9 Å². The third-order valence-corrected chi connectivity index (χ3v) is 3.01. The smallest absolute Gasteiger partial charge is 0.326 e. The third-order valence-electron chi connectivity index (χ3n) is 3.01. The Morgan fingerprint density at radius 2 is 1.55 bits per heavy atom. The fourth-order valence-corrected chi connectivity index (χ4v) is 1.76. The van der Waals surface area contributed by atoms with Crippen molar-refractivity contribution in [2.75, 3.05) is 13.1 Å². The summed E-state index contributed by atoms with van der Waals surface area (Å²) < 4.78 is 0. The lowest BCUT2D eigenvalue weighted by atomic mass is 10.1. The third kappa shape index (κ3) is 5.46. The van der Waals surface area contributed by atoms with Crippen LogP contribution < -0.4 is 10.6 Å². The van der Waals surface area contributed by atoms with E-state index < -0.39 is 24.1 Å². The van der Waals surface area contributed by atoms with Gasteiger partial charge in [0, 0.05) is 13.1 Å². The predicted octanol–water partition coefficient (Wildman–Crippen LogP) is 0.652. The van der Waals surface area contributed by atoms with Gasteiger partial charge in [0.15, 0.2) is 0 Å². The molecular weight excluding hydrogens is 262 g/mol. The van der Waals surface area contributed by atoms with Crippen LogP contribution >= 0.6 is 0 Å². The zero-order valence-corrected chi connectivity index (χ0v) is 12.8. The first-order valence-corrected chi connectivity index (χ1v) is 6.83. The largest absolute Gasteiger partial charge is 0.480 e. The maximum atomic E-state index is 12.0. The van der Waals surface area contributed by atoms with E-state index in [4.69, 9.17) is 5.11 Å². The molecule has 0 rings (SSSR count). The lowest BCUT2D eigenvalue weighted by molar-refractivity contribution is -0.140. The maximum absolute atomic E-state index is 12.0. The fourth-order valence-electron chi connectivity index (χ4n) is 1.76. The molecule has 0 aliphatic rings. The second-order valence-electron chi connectivity index (χ2n) is 4.91. The van der Waals surface area contributed by atoms with Crippen LogP contribution in [0.15, 0.2) is 0 Å². The van der Waals surface area contributed by atoms with Crippen molar-refractivity contribution in [3.63, 3.8) is 0 Å². The van der Waals surface area contributed by atoms with Crippen LogP contribution in [0.2, 0.25) is 0 Å². The highest BCUT2D eigenvalue weighted by molar-refractivity contribution is 5.88. The number of hydrogen-bond donors (Lipinski definition) is 3. The molecule has 0 aliphatic heterocycles. The first kappa shape index (κ1) is 18.2. The normalized spacial score (nSPS) is 13.5. The van der Waals surface area contributed by atoms with Gasteiger partial charge in [-0.2, -0.15) is 0 Å². The van der Waals surface area contributed by atoms with Crippen LogP contribution in [0.25, 0.3) is 0 Å². The Balaban J connectivity index is 4.53. The average Bonchev–Trinajstić information content (AvgIpc) is 2.36. The molecule has 20 heavy (non-hydrogen) atoms. The molecule has 0 aromatic heterocycles. The number of nitrogens with zero attached hydrogens (tertiary/aromatic N) is 1. The number of nitrogens with one attached hydrogen (secondary N) is 2. The molecule has 0 bridgehead atoms. The molecule has 0 aliphatic carbocycles. The first-order chi connectivity index (χ1) is 9.24. The Hall–Kier alpha value is -1.79. The van der Waals surface area contributed by atoms with Crippen LogP contribution in [-0.4, -0.2) is 53.1 Å². The highest BCUT2D eigenvalue weighted by Gasteiger charge is 2.25. The zero-order chi connectivity index (χ0) is 15.9. The Kier molecular flexibility index (Phi) is 7.64.